The van der Waals surface area contributed by atoms with Gasteiger partial charge in [-0.25, -0.2) is 15.0 Å². The van der Waals surface area contributed by atoms with E-state index in [1.807, 2.05) is 31.2 Å². The van der Waals surface area contributed by atoms with Crippen LogP contribution in [0.5, 0.6) is 17.4 Å². The summed E-state index contributed by atoms with van der Waals surface area (Å²) < 4.78 is 14.3. The molecule has 0 unspecified atom stereocenters. The first-order valence-electron chi connectivity index (χ1n) is 11.2. The van der Waals surface area contributed by atoms with Gasteiger partial charge >= 0.3 is 5.82 Å². The van der Waals surface area contributed by atoms with Gasteiger partial charge < -0.3 is 19.6 Å². The average Bonchev–Trinajstić information content (AvgIpc) is 3.39. The number of methoxy groups -OCH3 is 1. The van der Waals surface area contributed by atoms with Crippen molar-refractivity contribution in [3.8, 4) is 23.1 Å². The molecule has 2 aromatic heterocycles. The molecule has 0 saturated heterocycles. The van der Waals surface area contributed by atoms with Crippen LogP contribution in [0, 0.1) is 30.9 Å². The van der Waals surface area contributed by atoms with Gasteiger partial charge in [-0.1, -0.05) is 17.7 Å². The Balaban J connectivity index is 1.61. The number of hydrogen-bond donors (Lipinski definition) is 1. The second-order valence-electron chi connectivity index (χ2n) is 8.13. The molecule has 0 spiro atoms. The molecule has 0 atom stereocenters. The summed E-state index contributed by atoms with van der Waals surface area (Å²) in [4.78, 5) is 26.9. The number of hydrogen-bond acceptors (Lipinski definition) is 8. The number of nitrogens with one attached hydrogen (secondary N) is 1. The van der Waals surface area contributed by atoms with Crippen molar-refractivity contribution in [2.24, 2.45) is 5.10 Å². The summed E-state index contributed by atoms with van der Waals surface area (Å²) in [6, 6.07) is 14.9. The smallest absolute Gasteiger partial charge is 0.343 e. The maximum atomic E-state index is 12.4. The highest BCUT2D eigenvalue weighted by atomic mass is 16.6. The minimum absolute atomic E-state index is 0.276. The molecule has 0 aliphatic carbocycles. The van der Waals surface area contributed by atoms with Crippen LogP contribution in [0.25, 0.3) is 5.69 Å². The zero-order valence-electron chi connectivity index (χ0n) is 20.7. The number of imidazole rings is 1. The molecular weight excluding hydrogens is 478 g/mol. The SMILES string of the molecule is COc1ccc(Oc2c(/C=N/NC(=O)Cn3c([N+](=O)[O-])cnc3C)c(C)nn2-c2ccc(C)cc2)cc1. The van der Waals surface area contributed by atoms with E-state index in [0.29, 0.717) is 34.5 Å². The van der Waals surface area contributed by atoms with Gasteiger partial charge in [0.15, 0.2) is 12.4 Å². The Morgan fingerprint density at radius 3 is 2.43 bits per heavy atom. The van der Waals surface area contributed by atoms with E-state index in [-0.39, 0.29) is 12.4 Å². The van der Waals surface area contributed by atoms with Crippen LogP contribution in [0.2, 0.25) is 0 Å². The van der Waals surface area contributed by atoms with Gasteiger partial charge in [0.1, 0.15) is 17.7 Å². The lowest BCUT2D eigenvalue weighted by molar-refractivity contribution is -0.392. The van der Waals surface area contributed by atoms with E-state index in [2.05, 4.69) is 20.6 Å². The van der Waals surface area contributed by atoms with E-state index >= 15 is 0 Å². The second kappa shape index (κ2) is 10.7. The monoisotopic (exact) mass is 503 g/mol. The third-order valence-corrected chi connectivity index (χ3v) is 5.52. The Morgan fingerprint density at radius 2 is 1.78 bits per heavy atom. The number of nitro groups is 1. The molecule has 4 aromatic rings. The molecule has 190 valence electrons. The van der Waals surface area contributed by atoms with Crippen molar-refractivity contribution in [3.63, 3.8) is 0 Å². The van der Waals surface area contributed by atoms with Gasteiger partial charge in [-0.15, -0.1) is 0 Å². The van der Waals surface area contributed by atoms with E-state index in [4.69, 9.17) is 9.47 Å². The number of hydrazone groups is 1. The molecule has 2 aromatic carbocycles. The summed E-state index contributed by atoms with van der Waals surface area (Å²) in [5.74, 6) is 1.15. The third kappa shape index (κ3) is 5.64. The maximum absolute atomic E-state index is 12.4. The zero-order valence-corrected chi connectivity index (χ0v) is 20.7. The van der Waals surface area contributed by atoms with Crippen LogP contribution >= 0.6 is 0 Å². The van der Waals surface area contributed by atoms with Gasteiger partial charge in [-0.3, -0.25) is 4.79 Å². The minimum Gasteiger partial charge on any atom is -0.497 e. The fourth-order valence-electron chi connectivity index (χ4n) is 3.53. The molecule has 1 N–H and O–H groups in total. The van der Waals surface area contributed by atoms with Crippen molar-refractivity contribution in [2.75, 3.05) is 7.11 Å². The van der Waals surface area contributed by atoms with Crippen molar-refractivity contribution < 1.29 is 19.2 Å². The predicted octanol–water partition coefficient (Wildman–Crippen LogP) is 3.85. The Hall–Kier alpha value is -5.00. The van der Waals surface area contributed by atoms with Crippen LogP contribution in [0.1, 0.15) is 22.6 Å². The highest BCUT2D eigenvalue weighted by Gasteiger charge is 2.21. The highest BCUT2D eigenvalue weighted by molar-refractivity contribution is 5.86. The Bertz CT molecular complexity index is 1450. The van der Waals surface area contributed by atoms with Gasteiger partial charge in [0.2, 0.25) is 5.88 Å². The summed E-state index contributed by atoms with van der Waals surface area (Å²) in [6.45, 7) is 5.06. The fraction of sp³-hybridized carbons (Fsp3) is 0.200. The number of aromatic nitrogens is 4. The predicted molar refractivity (Wildman–Crippen MR) is 135 cm³/mol. The van der Waals surface area contributed by atoms with Crippen LogP contribution in [0.4, 0.5) is 5.82 Å². The van der Waals surface area contributed by atoms with E-state index in [0.717, 1.165) is 17.4 Å². The number of benzene rings is 2. The molecule has 37 heavy (non-hydrogen) atoms. The summed E-state index contributed by atoms with van der Waals surface area (Å²) in [5.41, 5.74) is 5.44. The van der Waals surface area contributed by atoms with Crippen molar-refractivity contribution >= 4 is 17.9 Å². The largest absolute Gasteiger partial charge is 0.497 e. The molecule has 0 aliphatic heterocycles. The molecule has 0 radical (unpaired) electrons. The van der Waals surface area contributed by atoms with E-state index in [1.54, 1.807) is 49.9 Å². The maximum Gasteiger partial charge on any atom is 0.343 e. The van der Waals surface area contributed by atoms with Crippen LogP contribution in [-0.4, -0.2) is 43.5 Å². The first-order chi connectivity index (χ1) is 17.8. The quantitative estimate of drug-likeness (QED) is 0.208. The molecule has 0 saturated carbocycles. The van der Waals surface area contributed by atoms with Gasteiger partial charge in [-0.2, -0.15) is 14.9 Å². The lowest BCUT2D eigenvalue weighted by Gasteiger charge is -2.11. The lowest BCUT2D eigenvalue weighted by atomic mass is 10.2. The molecular formula is C25H25N7O5. The number of amides is 1. The van der Waals surface area contributed by atoms with E-state index in [1.165, 1.54) is 10.8 Å². The van der Waals surface area contributed by atoms with Gasteiger partial charge in [0, 0.05) is 6.92 Å². The normalized spacial score (nSPS) is 11.0. The minimum atomic E-state index is -0.595. The molecule has 12 heteroatoms. The van der Waals surface area contributed by atoms with E-state index in [9.17, 15) is 14.9 Å². The van der Waals surface area contributed by atoms with Crippen molar-refractivity contribution in [1.29, 1.82) is 0 Å². The fourth-order valence-corrected chi connectivity index (χ4v) is 3.53. The molecule has 2 heterocycles. The number of carbonyl (C=O) groups excluding carboxylic acids is 1. The topological polar surface area (TPSA) is 139 Å². The third-order valence-electron chi connectivity index (χ3n) is 5.52. The first-order valence-corrected chi connectivity index (χ1v) is 11.2. The number of nitrogens with zero attached hydrogens (tertiary/aromatic N) is 6. The number of aryl methyl sites for hydroxylation is 3. The van der Waals surface area contributed by atoms with Gasteiger partial charge in [0.05, 0.1) is 30.3 Å². The molecule has 1 amide bonds. The highest BCUT2D eigenvalue weighted by Crippen LogP contribution is 2.30. The molecule has 0 bridgehead atoms. The molecule has 12 nitrogen and oxygen atoms in total. The average molecular weight is 504 g/mol. The number of ether oxygens (including phenoxy) is 2. The summed E-state index contributed by atoms with van der Waals surface area (Å²) in [7, 11) is 1.58. The summed E-state index contributed by atoms with van der Waals surface area (Å²) >= 11 is 0. The van der Waals surface area contributed by atoms with Crippen LogP contribution < -0.4 is 14.9 Å². The lowest BCUT2D eigenvalue weighted by Crippen LogP contribution is -2.24. The first kappa shape index (κ1) is 25.1. The zero-order chi connectivity index (χ0) is 26.5. The van der Waals surface area contributed by atoms with Gasteiger partial charge in [0.25, 0.3) is 5.91 Å². The van der Waals surface area contributed by atoms with Gasteiger partial charge in [-0.05, 0) is 55.2 Å². The van der Waals surface area contributed by atoms with Crippen molar-refractivity contribution in [2.45, 2.75) is 27.3 Å². The number of rotatable bonds is 9. The van der Waals surface area contributed by atoms with Crippen LogP contribution in [0.15, 0.2) is 59.8 Å². The standard InChI is InChI=1S/C25H25N7O5/c1-16-5-7-19(8-6-16)31-25(37-21-11-9-20(36-4)10-12-21)22(17(2)29-31)13-27-28-23(33)15-30-18(3)26-14-24(30)32(34)35/h5-14H,15H2,1-4H3,(H,28,33)/b27-13+. The van der Waals surface area contributed by atoms with Crippen molar-refractivity contribution in [1.82, 2.24) is 24.8 Å². The second-order valence-corrected chi connectivity index (χ2v) is 8.13. The van der Waals surface area contributed by atoms with E-state index < -0.39 is 10.8 Å². The van der Waals surface area contributed by atoms with Crippen LogP contribution in [-0.2, 0) is 11.3 Å². The Morgan fingerprint density at radius 1 is 1.11 bits per heavy atom. The Labute approximate surface area is 212 Å². The number of carbonyl (C=O) groups is 1. The molecule has 0 aliphatic rings. The van der Waals surface area contributed by atoms with Crippen molar-refractivity contribution in [3.05, 3.63) is 87.5 Å². The Kier molecular flexibility index (Phi) is 7.28. The van der Waals surface area contributed by atoms with Crippen LogP contribution in [0.3, 0.4) is 0 Å². The summed E-state index contributed by atoms with van der Waals surface area (Å²) in [6.07, 6.45) is 2.54. The summed E-state index contributed by atoms with van der Waals surface area (Å²) in [5, 5.41) is 19.8. The molecule has 4 rings (SSSR count). The molecule has 0 fully saturated rings.